The summed E-state index contributed by atoms with van der Waals surface area (Å²) in [6.45, 7) is -0.0295. The molecular formula is C16H21F3N4O4. The number of likely N-dealkylation sites (N-methyl/N-ethyl adjacent to an activating group) is 1. The van der Waals surface area contributed by atoms with Crippen LogP contribution in [0.3, 0.4) is 0 Å². The van der Waals surface area contributed by atoms with Gasteiger partial charge in [0.25, 0.3) is 0 Å². The highest BCUT2D eigenvalue weighted by Crippen LogP contribution is 2.16. The molecule has 1 rings (SSSR count). The average molecular weight is 390 g/mol. The third-order valence-electron chi connectivity index (χ3n) is 3.24. The van der Waals surface area contributed by atoms with Gasteiger partial charge in [0.15, 0.2) is 0 Å². The van der Waals surface area contributed by atoms with Crippen LogP contribution in [-0.2, 0) is 9.59 Å². The number of halogens is 3. The number of imide groups is 1. The maximum atomic E-state index is 12.1. The summed E-state index contributed by atoms with van der Waals surface area (Å²) in [7, 11) is 1.49. The summed E-state index contributed by atoms with van der Waals surface area (Å²) in [6, 6.07) is 5.43. The molecule has 1 aromatic carbocycles. The number of amides is 4. The maximum absolute atomic E-state index is 12.1. The molecule has 0 aliphatic carbocycles. The van der Waals surface area contributed by atoms with Gasteiger partial charge in [0.1, 0.15) is 12.3 Å². The lowest BCUT2D eigenvalue weighted by Gasteiger charge is -2.19. The standard InChI is InChI=1S/C16H21F3N4O4/c1-3-23(9-14(25)22-15(26)20-10-16(17,18)19)8-13(24)21-11-5-4-6-12(7-11)27-2/h4-7H,3,8-10H2,1-2H3,(H,21,24)(H2,20,22,25,26). The molecular weight excluding hydrogens is 369 g/mol. The first-order valence-electron chi connectivity index (χ1n) is 7.93. The molecule has 0 aliphatic heterocycles. The molecule has 0 bridgehead atoms. The molecule has 0 aromatic heterocycles. The molecule has 0 heterocycles. The maximum Gasteiger partial charge on any atom is 0.405 e. The highest BCUT2D eigenvalue weighted by atomic mass is 19.4. The number of hydrogen-bond donors (Lipinski definition) is 3. The molecule has 0 radical (unpaired) electrons. The van der Waals surface area contributed by atoms with Crippen molar-refractivity contribution in [2.45, 2.75) is 13.1 Å². The molecule has 0 spiro atoms. The van der Waals surface area contributed by atoms with Gasteiger partial charge in [0.2, 0.25) is 11.8 Å². The molecule has 0 atom stereocenters. The number of ether oxygens (including phenoxy) is 1. The lowest BCUT2D eigenvalue weighted by atomic mass is 10.3. The van der Waals surface area contributed by atoms with Crippen molar-refractivity contribution in [3.8, 4) is 5.75 Å². The third-order valence-corrected chi connectivity index (χ3v) is 3.24. The molecule has 1 aromatic rings. The van der Waals surface area contributed by atoms with Gasteiger partial charge in [-0.1, -0.05) is 13.0 Å². The summed E-state index contributed by atoms with van der Waals surface area (Å²) in [4.78, 5) is 36.5. The Bertz CT molecular complexity index is 667. The number of urea groups is 1. The second-order valence-electron chi connectivity index (χ2n) is 5.43. The van der Waals surface area contributed by atoms with Crippen molar-refractivity contribution in [2.24, 2.45) is 0 Å². The molecule has 11 heteroatoms. The van der Waals surface area contributed by atoms with E-state index in [4.69, 9.17) is 4.74 Å². The highest BCUT2D eigenvalue weighted by Gasteiger charge is 2.28. The monoisotopic (exact) mass is 390 g/mol. The van der Waals surface area contributed by atoms with Crippen molar-refractivity contribution in [3.05, 3.63) is 24.3 Å². The van der Waals surface area contributed by atoms with Gasteiger partial charge in [-0.2, -0.15) is 13.2 Å². The molecule has 27 heavy (non-hydrogen) atoms. The van der Waals surface area contributed by atoms with Crippen LogP contribution in [-0.4, -0.2) is 62.2 Å². The van der Waals surface area contributed by atoms with E-state index in [1.165, 1.54) is 17.3 Å². The van der Waals surface area contributed by atoms with Gasteiger partial charge in [-0.15, -0.1) is 0 Å². The fourth-order valence-corrected chi connectivity index (χ4v) is 1.98. The Kier molecular flexibility index (Phi) is 8.52. The number of rotatable bonds is 8. The van der Waals surface area contributed by atoms with Crippen LogP contribution in [0.15, 0.2) is 24.3 Å². The number of benzene rings is 1. The quantitative estimate of drug-likeness (QED) is 0.622. The zero-order valence-electron chi connectivity index (χ0n) is 14.9. The molecule has 4 amide bonds. The van der Waals surface area contributed by atoms with E-state index in [0.29, 0.717) is 18.0 Å². The first-order chi connectivity index (χ1) is 12.6. The van der Waals surface area contributed by atoms with Gasteiger partial charge in [-0.05, 0) is 18.7 Å². The van der Waals surface area contributed by atoms with Crippen LogP contribution in [0.5, 0.6) is 5.75 Å². The van der Waals surface area contributed by atoms with E-state index in [1.54, 1.807) is 36.5 Å². The van der Waals surface area contributed by atoms with E-state index in [2.05, 4.69) is 5.32 Å². The fourth-order valence-electron chi connectivity index (χ4n) is 1.98. The number of carbonyl (C=O) groups excluding carboxylic acids is 3. The predicted octanol–water partition coefficient (Wildman–Crippen LogP) is 1.34. The average Bonchev–Trinajstić information content (AvgIpc) is 2.58. The van der Waals surface area contributed by atoms with E-state index in [-0.39, 0.29) is 13.1 Å². The Balaban J connectivity index is 2.46. The van der Waals surface area contributed by atoms with Crippen LogP contribution in [0.4, 0.5) is 23.7 Å². The van der Waals surface area contributed by atoms with Gasteiger partial charge < -0.3 is 15.4 Å². The summed E-state index contributed by atoms with van der Waals surface area (Å²) >= 11 is 0. The van der Waals surface area contributed by atoms with Gasteiger partial charge in [0, 0.05) is 11.8 Å². The summed E-state index contributed by atoms with van der Waals surface area (Å²) < 4.78 is 41.0. The van der Waals surface area contributed by atoms with Crippen LogP contribution in [0.2, 0.25) is 0 Å². The summed E-state index contributed by atoms with van der Waals surface area (Å²) in [5, 5.41) is 5.94. The second-order valence-corrected chi connectivity index (χ2v) is 5.43. The Morgan fingerprint density at radius 2 is 1.81 bits per heavy atom. The van der Waals surface area contributed by atoms with E-state index in [1.807, 2.05) is 0 Å². The lowest BCUT2D eigenvalue weighted by molar-refractivity contribution is -0.125. The minimum absolute atomic E-state index is 0.148. The Morgan fingerprint density at radius 3 is 2.41 bits per heavy atom. The van der Waals surface area contributed by atoms with Crippen molar-refractivity contribution in [1.29, 1.82) is 0 Å². The van der Waals surface area contributed by atoms with Gasteiger partial charge in [0.05, 0.1) is 20.2 Å². The Hall–Kier alpha value is -2.82. The van der Waals surface area contributed by atoms with Crippen molar-refractivity contribution in [2.75, 3.05) is 38.6 Å². The minimum atomic E-state index is -4.58. The van der Waals surface area contributed by atoms with Gasteiger partial charge >= 0.3 is 12.2 Å². The number of methoxy groups -OCH3 is 1. The smallest absolute Gasteiger partial charge is 0.405 e. The number of nitrogens with one attached hydrogen (secondary N) is 3. The molecule has 8 nitrogen and oxygen atoms in total. The summed E-state index contributed by atoms with van der Waals surface area (Å²) in [6.07, 6.45) is -4.58. The summed E-state index contributed by atoms with van der Waals surface area (Å²) in [5.41, 5.74) is 0.506. The van der Waals surface area contributed by atoms with Crippen molar-refractivity contribution in [1.82, 2.24) is 15.5 Å². The second kappa shape index (κ2) is 10.4. The Labute approximate surface area is 154 Å². The van der Waals surface area contributed by atoms with E-state index in [9.17, 15) is 27.6 Å². The zero-order valence-corrected chi connectivity index (χ0v) is 14.9. The Morgan fingerprint density at radius 1 is 1.15 bits per heavy atom. The van der Waals surface area contributed by atoms with Crippen LogP contribution in [0.1, 0.15) is 6.92 Å². The topological polar surface area (TPSA) is 99.8 Å². The van der Waals surface area contributed by atoms with Crippen LogP contribution in [0.25, 0.3) is 0 Å². The number of nitrogens with zero attached hydrogens (tertiary/aromatic N) is 1. The first-order valence-corrected chi connectivity index (χ1v) is 7.93. The van der Waals surface area contributed by atoms with Crippen LogP contribution in [0, 0.1) is 0 Å². The number of alkyl halides is 3. The van der Waals surface area contributed by atoms with Crippen molar-refractivity contribution >= 4 is 23.5 Å². The first kappa shape index (κ1) is 22.2. The van der Waals surface area contributed by atoms with Crippen LogP contribution >= 0.6 is 0 Å². The molecule has 0 fully saturated rings. The number of hydrogen-bond acceptors (Lipinski definition) is 5. The van der Waals surface area contributed by atoms with Crippen molar-refractivity contribution < 1.29 is 32.3 Å². The van der Waals surface area contributed by atoms with E-state index >= 15 is 0 Å². The zero-order chi connectivity index (χ0) is 20.4. The molecule has 0 unspecified atom stereocenters. The fraction of sp³-hybridized carbons (Fsp3) is 0.438. The van der Waals surface area contributed by atoms with E-state index in [0.717, 1.165) is 0 Å². The minimum Gasteiger partial charge on any atom is -0.497 e. The van der Waals surface area contributed by atoms with Gasteiger partial charge in [-0.3, -0.25) is 19.8 Å². The lowest BCUT2D eigenvalue weighted by Crippen LogP contribution is -2.47. The third kappa shape index (κ3) is 9.45. The number of anilines is 1. The molecule has 0 saturated carbocycles. The molecule has 0 saturated heterocycles. The predicted molar refractivity (Wildman–Crippen MR) is 91.3 cm³/mol. The molecule has 150 valence electrons. The number of carbonyl (C=O) groups is 3. The van der Waals surface area contributed by atoms with Crippen molar-refractivity contribution in [3.63, 3.8) is 0 Å². The molecule has 0 aliphatic rings. The highest BCUT2D eigenvalue weighted by molar-refractivity contribution is 5.96. The van der Waals surface area contributed by atoms with Crippen LogP contribution < -0.4 is 20.7 Å². The largest absolute Gasteiger partial charge is 0.497 e. The normalized spacial score (nSPS) is 11.0. The van der Waals surface area contributed by atoms with Gasteiger partial charge in [-0.25, -0.2) is 4.79 Å². The SMILES string of the molecule is CCN(CC(=O)NC(=O)NCC(F)(F)F)CC(=O)Nc1cccc(OC)c1. The summed E-state index contributed by atoms with van der Waals surface area (Å²) in [5.74, 6) is -0.672. The molecule has 3 N–H and O–H groups in total. The van der Waals surface area contributed by atoms with E-state index < -0.39 is 30.6 Å².